The highest BCUT2D eigenvalue weighted by Gasteiger charge is 2.83. The predicted molar refractivity (Wildman–Crippen MR) is 164 cm³/mol. The van der Waals surface area contributed by atoms with Crippen LogP contribution in [-0.4, -0.2) is 134 Å². The number of carbonyl (C=O) groups is 2. The van der Waals surface area contributed by atoms with E-state index in [-0.39, 0.29) is 35.4 Å². The van der Waals surface area contributed by atoms with E-state index in [1.165, 1.54) is 30.5 Å². The van der Waals surface area contributed by atoms with Gasteiger partial charge < -0.3 is 50.3 Å². The maximum atomic E-state index is 12.2. The van der Waals surface area contributed by atoms with Crippen LogP contribution in [-0.2, 0) is 15.0 Å². The first-order valence-corrected chi connectivity index (χ1v) is 17.1. The minimum absolute atomic E-state index is 0.155. The van der Waals surface area contributed by atoms with Crippen molar-refractivity contribution >= 4 is 33.6 Å². The van der Waals surface area contributed by atoms with E-state index in [0.717, 1.165) is 36.8 Å². The summed E-state index contributed by atoms with van der Waals surface area (Å²) in [5.41, 5.74) is 2.25. The first-order valence-electron chi connectivity index (χ1n) is 16.3. The third kappa shape index (κ3) is 4.79. The lowest BCUT2D eigenvalue weighted by molar-refractivity contribution is -1.04. The lowest BCUT2D eigenvalue weighted by Crippen LogP contribution is -2.84. The van der Waals surface area contributed by atoms with Crippen LogP contribution in [0.3, 0.4) is 0 Å². The van der Waals surface area contributed by atoms with Crippen LogP contribution in [0.4, 0.5) is 5.69 Å². The molecule has 5 bridgehead atoms. The number of β-amino-alcohol motifs (C(OH)–C–C–N with tert-alkyl or cyclic N) is 1. The number of rotatable bonds is 8. The average molecular weight is 697 g/mol. The van der Waals surface area contributed by atoms with Crippen LogP contribution in [0.5, 0.6) is 0 Å². The molecule has 1 saturated carbocycles. The van der Waals surface area contributed by atoms with Crippen molar-refractivity contribution in [2.24, 2.45) is 17.8 Å². The van der Waals surface area contributed by atoms with E-state index >= 15 is 0 Å². The maximum Gasteiger partial charge on any atom is 0.335 e. The largest absolute Gasteiger partial charge is 0.547 e. The number of aliphatic carboxylic acids is 2. The highest BCUT2D eigenvalue weighted by atomic mass is 79.9. The minimum atomic E-state index is -2.38. The summed E-state index contributed by atoms with van der Waals surface area (Å²) in [6, 6.07) is 7.18. The quantitative estimate of drug-likeness (QED) is 0.188. The fourth-order valence-corrected chi connectivity index (χ4v) is 11.3. The summed E-state index contributed by atoms with van der Waals surface area (Å²) in [5, 5.41) is 70.0. The number of fused-ring (bicyclic) bond motifs is 2. The highest BCUT2D eigenvalue weighted by molar-refractivity contribution is 9.10. The number of halogens is 1. The number of hydrogen-bond donors (Lipinski definition) is 6. The van der Waals surface area contributed by atoms with Crippen molar-refractivity contribution < 1.29 is 49.8 Å². The van der Waals surface area contributed by atoms with Crippen molar-refractivity contribution in [3.8, 4) is 0 Å². The lowest BCUT2D eigenvalue weighted by Gasteiger charge is -2.68. The van der Waals surface area contributed by atoms with Gasteiger partial charge in [-0.25, -0.2) is 4.79 Å². The normalized spacial score (nSPS) is 41.1. The van der Waals surface area contributed by atoms with Gasteiger partial charge in [0.2, 0.25) is 0 Å². The van der Waals surface area contributed by atoms with Gasteiger partial charge in [-0.15, -0.1) is 0 Å². The summed E-state index contributed by atoms with van der Waals surface area (Å²) in [6.07, 6.45) is 0.626. The minimum Gasteiger partial charge on any atom is -0.547 e. The van der Waals surface area contributed by atoms with Crippen LogP contribution < -0.4 is 10.0 Å². The molecule has 0 amide bonds. The molecule has 1 aromatic carbocycles. The summed E-state index contributed by atoms with van der Waals surface area (Å²) in [7, 11) is 2.20. The second kappa shape index (κ2) is 12.0. The number of benzene rings is 1. The molecule has 2 unspecified atom stereocenters. The van der Waals surface area contributed by atoms with Gasteiger partial charge in [-0.05, 0) is 62.0 Å². The van der Waals surface area contributed by atoms with E-state index < -0.39 is 42.6 Å². The molecule has 6 heterocycles. The topological polar surface area (TPSA) is 185 Å². The molecule has 0 aromatic heterocycles. The molecule has 6 N–H and O–H groups in total. The number of piperidine rings is 5. The van der Waals surface area contributed by atoms with Gasteiger partial charge in [0.15, 0.2) is 12.3 Å². The van der Waals surface area contributed by atoms with E-state index in [1.807, 2.05) is 0 Å². The predicted octanol–water partition coefficient (Wildman–Crippen LogP) is -0.779. The maximum absolute atomic E-state index is 12.2. The number of nitrogens with zero attached hydrogens (tertiary/aromatic N) is 3. The van der Waals surface area contributed by atoms with Crippen molar-refractivity contribution in [3.63, 3.8) is 0 Å². The molecule has 6 fully saturated rings. The number of carboxylic acid groups (broad SMARTS) is 2. The SMILES string of the molecule is CC[C@@H]1[C@@H]2C[C@H]3[C@@H]4N(C)c5ccc(Br)cc5[C@]45C[C@@H]([C@H]2[C@H]5O)[N+]3(CC(O)CN2CCCCC2)[C@H]1O.O=C([O-])[C@H](O)[C@@H](O)C(=O)O. The molecule has 1 aliphatic carbocycles. The van der Waals surface area contributed by atoms with Gasteiger partial charge in [0.05, 0.1) is 29.6 Å². The Morgan fingerprint density at radius 2 is 1.80 bits per heavy atom. The first-order chi connectivity index (χ1) is 21.3. The standard InChI is InChI=1S/C28H41BrN3O3.C4H6O6/c1-3-18-19-12-22-25-28(20-11-16(29)7-8-21(20)30(25)2)13-23(24(19)26(28)34)32(22,27(18)35)15-17(33)14-31-9-5-4-6-10-31;5-1(3(7)8)2(6)4(9)10/h7-8,11,17-19,22-27,33-35H,3-6,9-10,12-15H2,1-2H3;1-2,5-6H,(H,7,8)(H,9,10)/q+1;/p-1/t17?,18-,19+,22+,23+,24+,25+,26-,27+,28-,32?;1-,2-/m11/s1. The Bertz CT molecular complexity index is 1300. The van der Waals surface area contributed by atoms with E-state index in [1.54, 1.807) is 0 Å². The Labute approximate surface area is 271 Å². The molecule has 45 heavy (non-hydrogen) atoms. The summed E-state index contributed by atoms with van der Waals surface area (Å²) >= 11 is 3.71. The summed E-state index contributed by atoms with van der Waals surface area (Å²) in [5.74, 6) is -3.06. The van der Waals surface area contributed by atoms with Gasteiger partial charge in [0.25, 0.3) is 0 Å². The molecular formula is C32H46BrN3O9. The second-order valence-corrected chi connectivity index (χ2v) is 15.2. The number of quaternary nitrogens is 1. The number of aliphatic hydroxyl groups excluding tert-OH is 5. The number of hydrogen-bond acceptors (Lipinski definition) is 10. The number of aliphatic hydroxyl groups is 5. The summed E-state index contributed by atoms with van der Waals surface area (Å²) < 4.78 is 1.68. The van der Waals surface area contributed by atoms with Crippen molar-refractivity contribution in [3.05, 3.63) is 28.2 Å². The zero-order valence-electron chi connectivity index (χ0n) is 25.8. The molecule has 5 saturated heterocycles. The van der Waals surface area contributed by atoms with Gasteiger partial charge in [0, 0.05) is 48.4 Å². The fourth-order valence-electron chi connectivity index (χ4n) is 10.9. The number of likely N-dealkylation sites (tertiary alicyclic amines) is 1. The number of anilines is 1. The van der Waals surface area contributed by atoms with Crippen LogP contribution in [0.25, 0.3) is 0 Å². The van der Waals surface area contributed by atoms with Crippen molar-refractivity contribution in [1.82, 2.24) is 4.90 Å². The van der Waals surface area contributed by atoms with Gasteiger partial charge in [-0.1, -0.05) is 29.3 Å². The van der Waals surface area contributed by atoms with Crippen molar-refractivity contribution in [2.45, 2.75) is 99.6 Å². The average Bonchev–Trinajstić information content (AvgIpc) is 3.38. The van der Waals surface area contributed by atoms with Crippen LogP contribution in [0.2, 0.25) is 0 Å². The Balaban J connectivity index is 0.000000311. The molecule has 0 radical (unpaired) electrons. The molecule has 12 nitrogen and oxygen atoms in total. The lowest BCUT2D eigenvalue weighted by atomic mass is 9.60. The number of carbonyl (C=O) groups excluding carboxylic acids is 1. The zero-order chi connectivity index (χ0) is 32.6. The monoisotopic (exact) mass is 695 g/mol. The molecule has 6 aliphatic heterocycles. The van der Waals surface area contributed by atoms with Crippen molar-refractivity contribution in [2.75, 3.05) is 38.1 Å². The van der Waals surface area contributed by atoms with Crippen LogP contribution >= 0.6 is 15.9 Å². The van der Waals surface area contributed by atoms with Crippen LogP contribution in [0, 0.1) is 17.8 Å². The smallest absolute Gasteiger partial charge is 0.335 e. The Morgan fingerprint density at radius 3 is 2.40 bits per heavy atom. The van der Waals surface area contributed by atoms with Gasteiger partial charge in [-0.2, -0.15) is 0 Å². The first kappa shape index (κ1) is 33.1. The zero-order valence-corrected chi connectivity index (χ0v) is 27.4. The van der Waals surface area contributed by atoms with Gasteiger partial charge >= 0.3 is 5.97 Å². The second-order valence-electron chi connectivity index (χ2n) is 14.2. The Kier molecular flexibility index (Phi) is 8.82. The number of carboxylic acids is 2. The van der Waals surface area contributed by atoms with E-state index in [2.05, 4.69) is 57.9 Å². The Morgan fingerprint density at radius 1 is 1.11 bits per heavy atom. The summed E-state index contributed by atoms with van der Waals surface area (Å²) in [4.78, 5) is 24.3. The molecule has 7 aliphatic rings. The summed E-state index contributed by atoms with van der Waals surface area (Å²) in [6.45, 7) is 5.67. The molecule has 13 atom stereocenters. The highest BCUT2D eigenvalue weighted by Crippen LogP contribution is 2.71. The van der Waals surface area contributed by atoms with E-state index in [4.69, 9.17) is 15.3 Å². The molecule has 1 aromatic rings. The van der Waals surface area contributed by atoms with Gasteiger partial charge in [-0.3, -0.25) is 4.48 Å². The fraction of sp³-hybridized carbons (Fsp3) is 0.750. The van der Waals surface area contributed by atoms with E-state index in [0.29, 0.717) is 23.5 Å². The molecule has 250 valence electrons. The third-order valence-electron chi connectivity index (χ3n) is 12.4. The number of likely N-dealkylation sites (N-methyl/N-ethyl adjacent to an activating group) is 1. The molecular weight excluding hydrogens is 650 g/mol. The Hall–Kier alpha value is -1.84. The van der Waals surface area contributed by atoms with Crippen LogP contribution in [0.1, 0.15) is 51.0 Å². The van der Waals surface area contributed by atoms with Gasteiger partial charge in [0.1, 0.15) is 24.8 Å². The molecule has 8 rings (SSSR count). The van der Waals surface area contributed by atoms with Crippen molar-refractivity contribution in [1.29, 1.82) is 0 Å². The molecule has 13 heteroatoms. The third-order valence-corrected chi connectivity index (χ3v) is 12.9. The van der Waals surface area contributed by atoms with E-state index in [9.17, 15) is 30.0 Å². The molecule has 1 spiro atoms. The van der Waals surface area contributed by atoms with Crippen LogP contribution in [0.15, 0.2) is 22.7 Å².